The minimum absolute atomic E-state index is 0.0668. The zero-order chi connectivity index (χ0) is 18.7. The second kappa shape index (κ2) is 7.26. The van der Waals surface area contributed by atoms with Gasteiger partial charge in [0.15, 0.2) is 0 Å². The average molecular weight is 371 g/mol. The summed E-state index contributed by atoms with van der Waals surface area (Å²) in [4.78, 5) is 0. The molecule has 0 amide bonds. The van der Waals surface area contributed by atoms with E-state index in [1.807, 2.05) is 54.6 Å². The first kappa shape index (κ1) is 17.3. The Labute approximate surface area is 159 Å². The molecular weight excluding hydrogens is 351 g/mol. The van der Waals surface area contributed by atoms with Gasteiger partial charge >= 0.3 is 0 Å². The summed E-state index contributed by atoms with van der Waals surface area (Å²) >= 11 is 0. The third-order valence-corrected chi connectivity index (χ3v) is 8.96. The highest BCUT2D eigenvalue weighted by molar-refractivity contribution is 8.01. The Hall–Kier alpha value is -3.09. The predicted octanol–water partition coefficient (Wildman–Crippen LogP) is 3.72. The Kier molecular flexibility index (Phi) is 4.66. The number of benzene rings is 4. The van der Waals surface area contributed by atoms with Crippen LogP contribution in [0.5, 0.6) is 11.5 Å². The standard InChI is InChI=1S/C24H19O2P/c25-19-16-20(26)18-24(17-19)27(21-10-4-1-5-11-21,22-12-6-2-7-13-22)23-14-8-3-9-15-23/h1-18H,(H-,25,26)/p+1. The van der Waals surface area contributed by atoms with E-state index >= 15 is 0 Å². The van der Waals surface area contributed by atoms with E-state index in [1.54, 1.807) is 12.1 Å². The van der Waals surface area contributed by atoms with Crippen LogP contribution in [0.25, 0.3) is 0 Å². The molecule has 0 spiro atoms. The van der Waals surface area contributed by atoms with Gasteiger partial charge in [0.1, 0.15) is 40.0 Å². The lowest BCUT2D eigenvalue weighted by Crippen LogP contribution is -2.38. The highest BCUT2D eigenvalue weighted by atomic mass is 31.2. The summed E-state index contributed by atoms with van der Waals surface area (Å²) in [6, 6.07) is 36.0. The number of rotatable bonds is 4. The van der Waals surface area contributed by atoms with Crippen molar-refractivity contribution in [1.29, 1.82) is 0 Å². The zero-order valence-corrected chi connectivity index (χ0v) is 15.6. The molecule has 0 radical (unpaired) electrons. The molecule has 0 bridgehead atoms. The Morgan fingerprint density at radius 1 is 0.407 bits per heavy atom. The van der Waals surface area contributed by atoms with Crippen molar-refractivity contribution in [3.05, 3.63) is 109 Å². The van der Waals surface area contributed by atoms with E-state index in [1.165, 1.54) is 22.0 Å². The van der Waals surface area contributed by atoms with E-state index in [0.29, 0.717) is 0 Å². The Morgan fingerprint density at radius 3 is 1.07 bits per heavy atom. The molecule has 2 nitrogen and oxygen atoms in total. The summed E-state index contributed by atoms with van der Waals surface area (Å²) in [5, 5.41) is 25.0. The molecule has 27 heavy (non-hydrogen) atoms. The van der Waals surface area contributed by atoms with Gasteiger partial charge in [0.25, 0.3) is 0 Å². The quantitative estimate of drug-likeness (QED) is 0.537. The normalized spacial score (nSPS) is 11.3. The van der Waals surface area contributed by atoms with Gasteiger partial charge in [-0.05, 0) is 36.4 Å². The van der Waals surface area contributed by atoms with Gasteiger partial charge in [0, 0.05) is 18.2 Å². The Morgan fingerprint density at radius 2 is 0.741 bits per heavy atom. The van der Waals surface area contributed by atoms with Crippen LogP contribution in [0.3, 0.4) is 0 Å². The average Bonchev–Trinajstić information content (AvgIpc) is 2.70. The lowest BCUT2D eigenvalue weighted by molar-refractivity contribution is 0.451. The van der Waals surface area contributed by atoms with Crippen molar-refractivity contribution in [3.63, 3.8) is 0 Å². The fourth-order valence-corrected chi connectivity index (χ4v) is 7.92. The van der Waals surface area contributed by atoms with E-state index in [9.17, 15) is 10.2 Å². The monoisotopic (exact) mass is 371 g/mol. The number of hydrogen-bond donors (Lipinski definition) is 2. The fraction of sp³-hybridized carbons (Fsp3) is 0. The van der Waals surface area contributed by atoms with E-state index in [4.69, 9.17) is 0 Å². The van der Waals surface area contributed by atoms with Crippen LogP contribution in [-0.2, 0) is 0 Å². The zero-order valence-electron chi connectivity index (χ0n) is 14.7. The minimum Gasteiger partial charge on any atom is -0.508 e. The molecule has 3 heteroatoms. The first-order valence-corrected chi connectivity index (χ1v) is 10.6. The second-order valence-corrected chi connectivity index (χ2v) is 9.79. The first-order valence-electron chi connectivity index (χ1n) is 8.81. The summed E-state index contributed by atoms with van der Waals surface area (Å²) in [6.07, 6.45) is 0. The third kappa shape index (κ3) is 3.09. The maximum absolute atomic E-state index is 10.3. The molecule has 2 N–H and O–H groups in total. The van der Waals surface area contributed by atoms with E-state index < -0.39 is 7.26 Å². The molecule has 0 aromatic heterocycles. The molecule has 4 aromatic carbocycles. The van der Waals surface area contributed by atoms with Crippen LogP contribution in [0.4, 0.5) is 0 Å². The van der Waals surface area contributed by atoms with Crippen molar-refractivity contribution < 1.29 is 10.2 Å². The molecule has 0 unspecified atom stereocenters. The van der Waals surface area contributed by atoms with E-state index in [-0.39, 0.29) is 11.5 Å². The van der Waals surface area contributed by atoms with Crippen molar-refractivity contribution in [2.75, 3.05) is 0 Å². The smallest absolute Gasteiger partial charge is 0.144 e. The molecule has 0 fully saturated rings. The van der Waals surface area contributed by atoms with Crippen molar-refractivity contribution in [2.45, 2.75) is 0 Å². The highest BCUT2D eigenvalue weighted by Gasteiger charge is 2.48. The van der Waals surface area contributed by atoms with Gasteiger partial charge in [-0.25, -0.2) is 0 Å². The third-order valence-electron chi connectivity index (χ3n) is 4.71. The van der Waals surface area contributed by atoms with Crippen LogP contribution >= 0.6 is 7.26 Å². The molecule has 0 saturated carbocycles. The lowest BCUT2D eigenvalue weighted by atomic mass is 10.3. The summed E-state index contributed by atoms with van der Waals surface area (Å²) < 4.78 is 0. The van der Waals surface area contributed by atoms with Crippen molar-refractivity contribution >= 4 is 28.5 Å². The molecule has 0 aliphatic heterocycles. The van der Waals surface area contributed by atoms with Gasteiger partial charge in [0.05, 0.1) is 0 Å². The summed E-state index contributed by atoms with van der Waals surface area (Å²) in [5.41, 5.74) is 0. The fourth-order valence-electron chi connectivity index (χ4n) is 3.62. The Bertz CT molecular complexity index is 915. The first-order chi connectivity index (χ1) is 13.2. The van der Waals surface area contributed by atoms with Gasteiger partial charge in [0.2, 0.25) is 0 Å². The summed E-state index contributed by atoms with van der Waals surface area (Å²) in [5.74, 6) is 0.134. The molecule has 0 aliphatic rings. The molecule has 4 aromatic rings. The van der Waals surface area contributed by atoms with Crippen LogP contribution in [0.2, 0.25) is 0 Å². The van der Waals surface area contributed by atoms with E-state index in [0.717, 1.165) is 5.30 Å². The van der Waals surface area contributed by atoms with Gasteiger partial charge in [-0.2, -0.15) is 0 Å². The van der Waals surface area contributed by atoms with Crippen LogP contribution in [0, 0.1) is 0 Å². The van der Waals surface area contributed by atoms with Crippen molar-refractivity contribution in [2.24, 2.45) is 0 Å². The maximum atomic E-state index is 10.3. The largest absolute Gasteiger partial charge is 0.508 e. The second-order valence-electron chi connectivity index (χ2n) is 6.39. The van der Waals surface area contributed by atoms with Crippen molar-refractivity contribution in [1.82, 2.24) is 0 Å². The predicted molar refractivity (Wildman–Crippen MR) is 115 cm³/mol. The molecular formula is C24H20O2P+. The van der Waals surface area contributed by atoms with Crippen LogP contribution in [0.15, 0.2) is 109 Å². The molecule has 0 atom stereocenters. The molecule has 0 saturated heterocycles. The molecule has 4 rings (SSSR count). The van der Waals surface area contributed by atoms with E-state index in [2.05, 4.69) is 36.4 Å². The molecule has 0 heterocycles. The SMILES string of the molecule is Oc1cc(O)cc([P+](c2ccccc2)(c2ccccc2)c2ccccc2)c1. The maximum Gasteiger partial charge on any atom is 0.144 e. The lowest BCUT2D eigenvalue weighted by Gasteiger charge is -2.27. The minimum atomic E-state index is -2.28. The summed E-state index contributed by atoms with van der Waals surface area (Å²) in [7, 11) is -2.28. The number of aromatic hydroxyl groups is 2. The van der Waals surface area contributed by atoms with Gasteiger partial charge < -0.3 is 10.2 Å². The van der Waals surface area contributed by atoms with Crippen molar-refractivity contribution in [3.8, 4) is 11.5 Å². The Balaban J connectivity index is 2.16. The van der Waals surface area contributed by atoms with Gasteiger partial charge in [-0.3, -0.25) is 0 Å². The number of phenols is 2. The van der Waals surface area contributed by atoms with Gasteiger partial charge in [-0.1, -0.05) is 54.6 Å². The van der Waals surface area contributed by atoms with Gasteiger partial charge in [-0.15, -0.1) is 0 Å². The van der Waals surface area contributed by atoms with Crippen LogP contribution in [-0.4, -0.2) is 10.2 Å². The van der Waals surface area contributed by atoms with Crippen LogP contribution in [0.1, 0.15) is 0 Å². The van der Waals surface area contributed by atoms with Crippen LogP contribution < -0.4 is 21.2 Å². The highest BCUT2D eigenvalue weighted by Crippen LogP contribution is 2.54. The molecule has 132 valence electrons. The summed E-state index contributed by atoms with van der Waals surface area (Å²) in [6.45, 7) is 0. The topological polar surface area (TPSA) is 40.5 Å². The number of hydrogen-bond acceptors (Lipinski definition) is 2. The molecule has 0 aliphatic carbocycles. The number of phenolic OH excluding ortho intramolecular Hbond substituents is 2.